The van der Waals surface area contributed by atoms with Crippen molar-refractivity contribution in [2.45, 2.75) is 25.8 Å². The standard InChI is InChI=1S/C9H19NO3S/c1-2-4-10-8(9(12)13)7-14-6-3-5-11/h8,10-11H,2-7H2,1H3,(H,12,13). The molecule has 14 heavy (non-hydrogen) atoms. The van der Waals surface area contributed by atoms with Crippen LogP contribution in [0.3, 0.4) is 0 Å². The third-order valence-electron chi connectivity index (χ3n) is 1.67. The van der Waals surface area contributed by atoms with Crippen molar-refractivity contribution in [3.05, 3.63) is 0 Å². The smallest absolute Gasteiger partial charge is 0.321 e. The summed E-state index contributed by atoms with van der Waals surface area (Å²) in [7, 11) is 0. The lowest BCUT2D eigenvalue weighted by Gasteiger charge is -2.12. The van der Waals surface area contributed by atoms with Gasteiger partial charge in [-0.05, 0) is 25.1 Å². The maximum atomic E-state index is 10.7. The molecule has 1 unspecified atom stereocenters. The van der Waals surface area contributed by atoms with Crippen LogP contribution < -0.4 is 5.32 Å². The van der Waals surface area contributed by atoms with Crippen LogP contribution >= 0.6 is 11.8 Å². The Morgan fingerprint density at radius 2 is 2.29 bits per heavy atom. The summed E-state index contributed by atoms with van der Waals surface area (Å²) in [6.07, 6.45) is 1.66. The van der Waals surface area contributed by atoms with Gasteiger partial charge in [-0.15, -0.1) is 0 Å². The lowest BCUT2D eigenvalue weighted by Crippen LogP contribution is -2.39. The van der Waals surface area contributed by atoms with E-state index in [1.54, 1.807) is 11.8 Å². The molecule has 0 amide bonds. The van der Waals surface area contributed by atoms with Crippen molar-refractivity contribution in [1.82, 2.24) is 5.32 Å². The Labute approximate surface area is 89.1 Å². The van der Waals surface area contributed by atoms with Crippen LogP contribution in [0.25, 0.3) is 0 Å². The van der Waals surface area contributed by atoms with E-state index in [9.17, 15) is 4.79 Å². The molecule has 0 heterocycles. The van der Waals surface area contributed by atoms with Gasteiger partial charge in [0.1, 0.15) is 6.04 Å². The minimum atomic E-state index is -0.796. The van der Waals surface area contributed by atoms with Gasteiger partial charge < -0.3 is 15.5 Å². The first-order valence-electron chi connectivity index (χ1n) is 4.87. The Kier molecular flexibility index (Phi) is 9.13. The highest BCUT2D eigenvalue weighted by Gasteiger charge is 2.15. The van der Waals surface area contributed by atoms with Crippen molar-refractivity contribution in [2.24, 2.45) is 0 Å². The summed E-state index contributed by atoms with van der Waals surface area (Å²) < 4.78 is 0. The number of rotatable bonds is 9. The van der Waals surface area contributed by atoms with E-state index < -0.39 is 12.0 Å². The third-order valence-corrected chi connectivity index (χ3v) is 2.82. The van der Waals surface area contributed by atoms with E-state index in [0.29, 0.717) is 5.75 Å². The Balaban J connectivity index is 3.57. The average Bonchev–Trinajstić information content (AvgIpc) is 2.16. The van der Waals surface area contributed by atoms with E-state index in [1.807, 2.05) is 6.92 Å². The van der Waals surface area contributed by atoms with Crippen LogP contribution in [-0.4, -0.2) is 46.9 Å². The van der Waals surface area contributed by atoms with Crippen molar-refractivity contribution in [2.75, 3.05) is 24.7 Å². The molecule has 0 bridgehead atoms. The normalized spacial score (nSPS) is 12.7. The Morgan fingerprint density at radius 1 is 1.57 bits per heavy atom. The fourth-order valence-corrected chi connectivity index (χ4v) is 1.90. The molecule has 1 atom stereocenters. The lowest BCUT2D eigenvalue weighted by atomic mass is 10.3. The monoisotopic (exact) mass is 221 g/mol. The van der Waals surface area contributed by atoms with Crippen LogP contribution in [0.15, 0.2) is 0 Å². The lowest BCUT2D eigenvalue weighted by molar-refractivity contribution is -0.138. The molecule has 3 N–H and O–H groups in total. The molecule has 0 saturated carbocycles. The van der Waals surface area contributed by atoms with E-state index in [-0.39, 0.29) is 6.61 Å². The number of aliphatic hydroxyl groups excluding tert-OH is 1. The van der Waals surface area contributed by atoms with Gasteiger partial charge in [-0.25, -0.2) is 0 Å². The maximum absolute atomic E-state index is 10.7. The number of carboxylic acids is 1. The predicted molar refractivity (Wildman–Crippen MR) is 58.7 cm³/mol. The molecule has 0 rings (SSSR count). The summed E-state index contributed by atoms with van der Waals surface area (Å²) in [5, 5.41) is 20.3. The fourth-order valence-electron chi connectivity index (χ4n) is 0.904. The zero-order valence-corrected chi connectivity index (χ0v) is 9.35. The molecular weight excluding hydrogens is 202 g/mol. The molecule has 0 fully saturated rings. The molecule has 0 aromatic carbocycles. The molecule has 0 aliphatic rings. The van der Waals surface area contributed by atoms with E-state index in [0.717, 1.165) is 25.1 Å². The number of thioether (sulfide) groups is 1. The first-order valence-corrected chi connectivity index (χ1v) is 6.02. The quantitative estimate of drug-likeness (QED) is 0.496. The van der Waals surface area contributed by atoms with Gasteiger partial charge >= 0.3 is 5.97 Å². The van der Waals surface area contributed by atoms with Crippen molar-refractivity contribution >= 4 is 17.7 Å². The van der Waals surface area contributed by atoms with Gasteiger partial charge in [-0.3, -0.25) is 4.79 Å². The van der Waals surface area contributed by atoms with Crippen molar-refractivity contribution in [1.29, 1.82) is 0 Å². The Bertz CT molecular complexity index is 155. The molecule has 0 spiro atoms. The number of nitrogens with one attached hydrogen (secondary N) is 1. The van der Waals surface area contributed by atoms with Gasteiger partial charge in [0.15, 0.2) is 0 Å². The second kappa shape index (κ2) is 9.30. The van der Waals surface area contributed by atoms with E-state index in [4.69, 9.17) is 10.2 Å². The van der Waals surface area contributed by atoms with E-state index >= 15 is 0 Å². The largest absolute Gasteiger partial charge is 0.480 e. The molecule has 5 heteroatoms. The van der Waals surface area contributed by atoms with Gasteiger partial charge in [0.05, 0.1) is 0 Å². The van der Waals surface area contributed by atoms with Crippen LogP contribution in [0.2, 0.25) is 0 Å². The van der Waals surface area contributed by atoms with Gasteiger partial charge in [0, 0.05) is 12.4 Å². The summed E-state index contributed by atoms with van der Waals surface area (Å²) in [4.78, 5) is 10.7. The summed E-state index contributed by atoms with van der Waals surface area (Å²) in [5.41, 5.74) is 0. The van der Waals surface area contributed by atoms with Crippen LogP contribution in [0.5, 0.6) is 0 Å². The molecule has 0 aromatic rings. The average molecular weight is 221 g/mol. The van der Waals surface area contributed by atoms with Crippen molar-refractivity contribution in [3.63, 3.8) is 0 Å². The third kappa shape index (κ3) is 7.17. The molecule has 0 radical (unpaired) electrons. The van der Waals surface area contributed by atoms with Crippen LogP contribution in [-0.2, 0) is 4.79 Å². The first-order chi connectivity index (χ1) is 6.72. The predicted octanol–water partition coefficient (Wildman–Crippen LogP) is 0.555. The summed E-state index contributed by atoms with van der Waals surface area (Å²) >= 11 is 1.56. The van der Waals surface area contributed by atoms with Gasteiger partial charge in [-0.2, -0.15) is 11.8 Å². The maximum Gasteiger partial charge on any atom is 0.321 e. The zero-order chi connectivity index (χ0) is 10.8. The van der Waals surface area contributed by atoms with E-state index in [1.165, 1.54) is 0 Å². The molecule has 0 aliphatic heterocycles. The second-order valence-electron chi connectivity index (χ2n) is 3.00. The number of carboxylic acid groups (broad SMARTS) is 1. The van der Waals surface area contributed by atoms with Crippen LogP contribution in [0, 0.1) is 0 Å². The van der Waals surface area contributed by atoms with Crippen LogP contribution in [0.4, 0.5) is 0 Å². The molecule has 0 saturated heterocycles. The highest BCUT2D eigenvalue weighted by atomic mass is 32.2. The number of hydrogen-bond donors (Lipinski definition) is 3. The molecule has 0 aliphatic carbocycles. The first kappa shape index (κ1) is 13.7. The van der Waals surface area contributed by atoms with E-state index in [2.05, 4.69) is 5.32 Å². The van der Waals surface area contributed by atoms with Crippen molar-refractivity contribution < 1.29 is 15.0 Å². The minimum absolute atomic E-state index is 0.174. The minimum Gasteiger partial charge on any atom is -0.480 e. The van der Waals surface area contributed by atoms with Crippen molar-refractivity contribution in [3.8, 4) is 0 Å². The summed E-state index contributed by atoms with van der Waals surface area (Å²) in [6, 6.07) is -0.460. The Morgan fingerprint density at radius 3 is 2.79 bits per heavy atom. The highest BCUT2D eigenvalue weighted by Crippen LogP contribution is 2.05. The SMILES string of the molecule is CCCNC(CSCCCO)C(=O)O. The van der Waals surface area contributed by atoms with Gasteiger partial charge in [0.25, 0.3) is 0 Å². The van der Waals surface area contributed by atoms with Gasteiger partial charge in [-0.1, -0.05) is 6.92 Å². The number of aliphatic carboxylic acids is 1. The van der Waals surface area contributed by atoms with Crippen LogP contribution in [0.1, 0.15) is 19.8 Å². The number of aliphatic hydroxyl groups is 1. The number of carbonyl (C=O) groups is 1. The Hall–Kier alpha value is -0.260. The summed E-state index contributed by atoms with van der Waals surface area (Å²) in [6.45, 7) is 2.91. The molecule has 84 valence electrons. The highest BCUT2D eigenvalue weighted by molar-refractivity contribution is 7.99. The topological polar surface area (TPSA) is 69.6 Å². The second-order valence-corrected chi connectivity index (χ2v) is 4.15. The fraction of sp³-hybridized carbons (Fsp3) is 0.889. The summed E-state index contributed by atoms with van der Waals surface area (Å²) in [5.74, 6) is 0.582. The molecular formula is C9H19NO3S. The molecule has 4 nitrogen and oxygen atoms in total. The van der Waals surface area contributed by atoms with Gasteiger partial charge in [0.2, 0.25) is 0 Å². The molecule has 0 aromatic heterocycles. The zero-order valence-electron chi connectivity index (χ0n) is 8.53. The number of hydrogen-bond acceptors (Lipinski definition) is 4.